The van der Waals surface area contributed by atoms with Gasteiger partial charge >= 0.3 is 0 Å². The number of fused-ring (bicyclic) bond motifs is 1. The zero-order valence-corrected chi connectivity index (χ0v) is 11.5. The highest BCUT2D eigenvalue weighted by Gasteiger charge is 2.26. The van der Waals surface area contributed by atoms with Crippen LogP contribution in [0.5, 0.6) is 0 Å². The first-order chi connectivity index (χ1) is 9.36. The van der Waals surface area contributed by atoms with Crippen LogP contribution < -0.4 is 0 Å². The fourth-order valence-corrected chi connectivity index (χ4v) is 3.79. The summed E-state index contributed by atoms with van der Waals surface area (Å²) in [5, 5.41) is 10.3. The van der Waals surface area contributed by atoms with Crippen LogP contribution in [0.4, 0.5) is 0 Å². The minimum absolute atomic E-state index is 0.127. The molecule has 3 rings (SSSR count). The molecule has 0 N–H and O–H groups in total. The van der Waals surface area contributed by atoms with Crippen molar-refractivity contribution >= 4 is 22.9 Å². The van der Waals surface area contributed by atoms with Gasteiger partial charge < -0.3 is 4.42 Å². The van der Waals surface area contributed by atoms with Gasteiger partial charge in [-0.2, -0.15) is 5.26 Å². The smallest absolute Gasteiger partial charge is 0.257 e. The first-order valence-electron chi connectivity index (χ1n) is 6.78. The molecule has 4 heteroatoms. The number of para-hydroxylation sites is 2. The van der Waals surface area contributed by atoms with Gasteiger partial charge in [-0.15, -0.1) is 0 Å². The van der Waals surface area contributed by atoms with Crippen LogP contribution in [-0.2, 0) is 0 Å². The molecule has 0 saturated heterocycles. The number of rotatable bonds is 2. The van der Waals surface area contributed by atoms with Gasteiger partial charge in [-0.25, -0.2) is 4.98 Å². The number of benzene rings is 1. The number of thioether (sulfide) groups is 1. The van der Waals surface area contributed by atoms with E-state index in [1.54, 1.807) is 11.8 Å². The molecule has 0 amide bonds. The molecular weight excluding hydrogens is 256 g/mol. The largest absolute Gasteiger partial charge is 0.431 e. The van der Waals surface area contributed by atoms with Crippen molar-refractivity contribution in [3.8, 4) is 6.07 Å². The van der Waals surface area contributed by atoms with Crippen LogP contribution in [0.3, 0.4) is 0 Å². The lowest BCUT2D eigenvalue weighted by atomic mass is 10.0. The third-order valence-corrected chi connectivity index (χ3v) is 4.89. The molecule has 98 valence electrons. The Morgan fingerprint density at radius 3 is 2.89 bits per heavy atom. The minimum Gasteiger partial charge on any atom is -0.431 e. The van der Waals surface area contributed by atoms with E-state index in [-0.39, 0.29) is 5.92 Å². The fraction of sp³-hybridized carbons (Fsp3) is 0.467. The third-order valence-electron chi connectivity index (χ3n) is 3.64. The first-order valence-corrected chi connectivity index (χ1v) is 7.66. The number of hydrogen-bond donors (Lipinski definition) is 0. The molecule has 0 bridgehead atoms. The van der Waals surface area contributed by atoms with Gasteiger partial charge in [-0.05, 0) is 25.0 Å². The topological polar surface area (TPSA) is 49.8 Å². The van der Waals surface area contributed by atoms with Crippen molar-refractivity contribution in [1.82, 2.24) is 4.98 Å². The molecule has 1 heterocycles. The van der Waals surface area contributed by atoms with E-state index in [1.807, 2.05) is 24.3 Å². The number of nitriles is 1. The number of hydrogen-bond acceptors (Lipinski definition) is 4. The van der Waals surface area contributed by atoms with Gasteiger partial charge in [-0.3, -0.25) is 0 Å². The van der Waals surface area contributed by atoms with E-state index >= 15 is 0 Å². The highest BCUT2D eigenvalue weighted by atomic mass is 32.2. The average Bonchev–Trinajstić information content (AvgIpc) is 2.70. The number of aromatic nitrogens is 1. The van der Waals surface area contributed by atoms with Crippen molar-refractivity contribution in [1.29, 1.82) is 5.26 Å². The highest BCUT2D eigenvalue weighted by molar-refractivity contribution is 7.99. The maximum absolute atomic E-state index is 9.29. The second kappa shape index (κ2) is 5.66. The second-order valence-corrected chi connectivity index (χ2v) is 6.17. The molecule has 2 unspecified atom stereocenters. The molecular formula is C15H16N2OS. The van der Waals surface area contributed by atoms with Gasteiger partial charge in [0.2, 0.25) is 0 Å². The summed E-state index contributed by atoms with van der Waals surface area (Å²) in [4.78, 5) is 4.49. The van der Waals surface area contributed by atoms with Crippen molar-refractivity contribution in [3.63, 3.8) is 0 Å². The fourth-order valence-electron chi connectivity index (χ4n) is 2.59. The lowest BCUT2D eigenvalue weighted by Gasteiger charge is -2.16. The molecule has 2 aromatic rings. The molecule has 19 heavy (non-hydrogen) atoms. The summed E-state index contributed by atoms with van der Waals surface area (Å²) in [6, 6.07) is 10.3. The predicted octanol–water partition coefficient (Wildman–Crippen LogP) is 4.39. The average molecular weight is 272 g/mol. The molecule has 3 nitrogen and oxygen atoms in total. The number of nitrogens with zero attached hydrogens (tertiary/aromatic N) is 2. The number of oxazole rings is 1. The molecule has 0 spiro atoms. The Hall–Kier alpha value is -1.47. The Balaban J connectivity index is 1.80. The molecule has 1 saturated carbocycles. The van der Waals surface area contributed by atoms with Crippen LogP contribution in [0, 0.1) is 17.2 Å². The molecule has 0 aliphatic heterocycles. The summed E-state index contributed by atoms with van der Waals surface area (Å²) in [7, 11) is 0. The van der Waals surface area contributed by atoms with Gasteiger partial charge in [0.15, 0.2) is 5.58 Å². The quantitative estimate of drug-likeness (QED) is 0.761. The Bertz CT molecular complexity index is 568. The van der Waals surface area contributed by atoms with Gasteiger partial charge in [0.25, 0.3) is 5.22 Å². The van der Waals surface area contributed by atoms with Crippen molar-refractivity contribution in [2.24, 2.45) is 5.92 Å². The molecule has 1 fully saturated rings. The zero-order chi connectivity index (χ0) is 13.1. The molecule has 2 atom stereocenters. The first kappa shape index (κ1) is 12.6. The van der Waals surface area contributed by atoms with Crippen LogP contribution in [0.25, 0.3) is 11.1 Å². The van der Waals surface area contributed by atoms with Crippen molar-refractivity contribution in [3.05, 3.63) is 24.3 Å². The standard InChI is InChI=1S/C15H16N2OS/c16-10-11-6-2-1-3-9-14(11)19-15-17-12-7-4-5-8-13(12)18-15/h4-5,7-8,11,14H,1-3,6,9H2. The molecule has 1 aromatic carbocycles. The van der Waals surface area contributed by atoms with E-state index in [0.717, 1.165) is 23.9 Å². The van der Waals surface area contributed by atoms with E-state index in [1.165, 1.54) is 19.3 Å². The Morgan fingerprint density at radius 1 is 1.21 bits per heavy atom. The van der Waals surface area contributed by atoms with Crippen molar-refractivity contribution in [2.45, 2.75) is 42.6 Å². The maximum Gasteiger partial charge on any atom is 0.257 e. The van der Waals surface area contributed by atoms with Crippen LogP contribution in [0.15, 0.2) is 33.9 Å². The lowest BCUT2D eigenvalue weighted by molar-refractivity contribution is 0.483. The van der Waals surface area contributed by atoms with E-state index in [2.05, 4.69) is 11.1 Å². The zero-order valence-electron chi connectivity index (χ0n) is 10.7. The summed E-state index contributed by atoms with van der Waals surface area (Å²) in [5.74, 6) is 0.127. The summed E-state index contributed by atoms with van der Waals surface area (Å²) in [5.41, 5.74) is 1.72. The molecule has 0 radical (unpaired) electrons. The van der Waals surface area contributed by atoms with Crippen molar-refractivity contribution < 1.29 is 4.42 Å². The molecule has 1 aliphatic rings. The Labute approximate surface area is 117 Å². The van der Waals surface area contributed by atoms with Crippen LogP contribution >= 0.6 is 11.8 Å². The minimum atomic E-state index is 0.127. The van der Waals surface area contributed by atoms with Gasteiger partial charge in [0.1, 0.15) is 5.52 Å². The van der Waals surface area contributed by atoms with Gasteiger partial charge in [0, 0.05) is 5.25 Å². The molecule has 1 aromatic heterocycles. The van der Waals surface area contributed by atoms with E-state index in [0.29, 0.717) is 10.5 Å². The maximum atomic E-state index is 9.29. The summed E-state index contributed by atoms with van der Waals surface area (Å²) in [6.07, 6.45) is 5.71. The van der Waals surface area contributed by atoms with E-state index in [9.17, 15) is 5.26 Å². The lowest BCUT2D eigenvalue weighted by Crippen LogP contribution is -2.13. The van der Waals surface area contributed by atoms with E-state index < -0.39 is 0 Å². The second-order valence-electron chi connectivity index (χ2n) is 4.98. The van der Waals surface area contributed by atoms with Gasteiger partial charge in [0.05, 0.1) is 12.0 Å². The van der Waals surface area contributed by atoms with Crippen LogP contribution in [-0.4, -0.2) is 10.2 Å². The van der Waals surface area contributed by atoms with E-state index in [4.69, 9.17) is 4.42 Å². The summed E-state index contributed by atoms with van der Waals surface area (Å²) < 4.78 is 5.75. The van der Waals surface area contributed by atoms with Crippen LogP contribution in [0.2, 0.25) is 0 Å². The highest BCUT2D eigenvalue weighted by Crippen LogP contribution is 2.36. The van der Waals surface area contributed by atoms with Crippen LogP contribution in [0.1, 0.15) is 32.1 Å². The Morgan fingerprint density at radius 2 is 2.05 bits per heavy atom. The summed E-state index contributed by atoms with van der Waals surface area (Å²) >= 11 is 1.64. The monoisotopic (exact) mass is 272 g/mol. The SMILES string of the molecule is N#CC1CCCCCC1Sc1nc2ccccc2o1. The normalized spacial score (nSPS) is 23.9. The summed E-state index contributed by atoms with van der Waals surface area (Å²) in [6.45, 7) is 0. The molecule has 1 aliphatic carbocycles. The van der Waals surface area contributed by atoms with Gasteiger partial charge in [-0.1, -0.05) is 43.2 Å². The third kappa shape index (κ3) is 2.76. The Kier molecular flexibility index (Phi) is 3.74. The predicted molar refractivity (Wildman–Crippen MR) is 75.8 cm³/mol. The van der Waals surface area contributed by atoms with Crippen molar-refractivity contribution in [2.75, 3.05) is 0 Å².